The van der Waals surface area contributed by atoms with Gasteiger partial charge in [0.05, 0.1) is 5.60 Å². The smallest absolute Gasteiger partial charge is 0.0875 e. The van der Waals surface area contributed by atoms with Gasteiger partial charge in [0.25, 0.3) is 0 Å². The van der Waals surface area contributed by atoms with Crippen LogP contribution in [-0.2, 0) is 12.0 Å². The van der Waals surface area contributed by atoms with E-state index in [4.69, 9.17) is 0 Å². The molecule has 0 saturated heterocycles. The zero-order valence-electron chi connectivity index (χ0n) is 9.04. The van der Waals surface area contributed by atoms with Crippen molar-refractivity contribution in [3.8, 4) is 0 Å². The fraction of sp³-hybridized carbons (Fsp3) is 0.500. The third-order valence-electron chi connectivity index (χ3n) is 3.07. The molecule has 0 saturated carbocycles. The maximum absolute atomic E-state index is 10.1. The van der Waals surface area contributed by atoms with Gasteiger partial charge in [-0.3, -0.25) is 0 Å². The molecule has 2 rings (SSSR count). The summed E-state index contributed by atoms with van der Waals surface area (Å²) in [5.41, 5.74) is 2.93. The zero-order chi connectivity index (χ0) is 10.3. The van der Waals surface area contributed by atoms with E-state index in [1.807, 2.05) is 21.0 Å². The van der Waals surface area contributed by atoms with E-state index in [1.165, 1.54) is 5.56 Å². The molecule has 1 aromatic rings. The summed E-state index contributed by atoms with van der Waals surface area (Å²) in [5.74, 6) is 0. The van der Waals surface area contributed by atoms with Crippen molar-refractivity contribution in [2.24, 2.45) is 0 Å². The molecule has 0 aliphatic heterocycles. The van der Waals surface area contributed by atoms with Crippen molar-refractivity contribution in [2.45, 2.75) is 25.4 Å². The summed E-state index contributed by atoms with van der Waals surface area (Å²) < 4.78 is 0. The minimum atomic E-state index is -0.624. The molecule has 1 aliphatic carbocycles. The van der Waals surface area contributed by atoms with Crippen molar-refractivity contribution < 1.29 is 5.11 Å². The maximum Gasteiger partial charge on any atom is 0.0875 e. The highest BCUT2D eigenvalue weighted by molar-refractivity contribution is 5.53. The Morgan fingerprint density at radius 3 is 2.71 bits per heavy atom. The van der Waals surface area contributed by atoms with Gasteiger partial charge in [-0.2, -0.15) is 0 Å². The van der Waals surface area contributed by atoms with Gasteiger partial charge in [0, 0.05) is 19.8 Å². The molecule has 0 bridgehead atoms. The summed E-state index contributed by atoms with van der Waals surface area (Å²) >= 11 is 0. The van der Waals surface area contributed by atoms with Crippen molar-refractivity contribution in [1.82, 2.24) is 0 Å². The average Bonchev–Trinajstić information content (AvgIpc) is 2.42. The molecule has 0 spiro atoms. The first-order valence-electron chi connectivity index (χ1n) is 5.04. The van der Waals surface area contributed by atoms with Crippen LogP contribution in [0.4, 0.5) is 5.69 Å². The number of anilines is 1. The zero-order valence-corrected chi connectivity index (χ0v) is 9.04. The SMILES string of the molecule is CN(C)c1ccc2c(c1)C(C)(O)CC2. The third-order valence-corrected chi connectivity index (χ3v) is 3.07. The monoisotopic (exact) mass is 191 g/mol. The Bertz CT molecular complexity index is 355. The van der Waals surface area contributed by atoms with Crippen LogP contribution < -0.4 is 4.90 Å². The molecule has 1 N–H and O–H groups in total. The van der Waals surface area contributed by atoms with Crippen LogP contribution in [0, 0.1) is 0 Å². The predicted molar refractivity (Wildman–Crippen MR) is 58.7 cm³/mol. The van der Waals surface area contributed by atoms with Gasteiger partial charge in [0.15, 0.2) is 0 Å². The number of aryl methyl sites for hydroxylation is 1. The van der Waals surface area contributed by atoms with E-state index < -0.39 is 5.60 Å². The van der Waals surface area contributed by atoms with Crippen molar-refractivity contribution in [2.75, 3.05) is 19.0 Å². The van der Waals surface area contributed by atoms with E-state index in [1.54, 1.807) is 0 Å². The Morgan fingerprint density at radius 1 is 1.36 bits per heavy atom. The second kappa shape index (κ2) is 2.99. The van der Waals surface area contributed by atoms with E-state index >= 15 is 0 Å². The van der Waals surface area contributed by atoms with Crippen LogP contribution in [0.1, 0.15) is 24.5 Å². The molecular formula is C12H17NO. The van der Waals surface area contributed by atoms with E-state index in [9.17, 15) is 5.11 Å². The standard InChI is InChI=1S/C12H17NO/c1-12(14)7-6-9-4-5-10(13(2)3)8-11(9)12/h4-5,8,14H,6-7H2,1-3H3. The number of nitrogens with zero attached hydrogens (tertiary/aromatic N) is 1. The molecule has 1 atom stereocenters. The minimum absolute atomic E-state index is 0.624. The first-order valence-corrected chi connectivity index (χ1v) is 5.04. The Balaban J connectivity index is 2.48. The van der Waals surface area contributed by atoms with Gasteiger partial charge < -0.3 is 10.0 Å². The molecule has 0 amide bonds. The number of fused-ring (bicyclic) bond motifs is 1. The summed E-state index contributed by atoms with van der Waals surface area (Å²) in [4.78, 5) is 2.06. The Labute approximate surface area is 85.2 Å². The van der Waals surface area contributed by atoms with E-state index in [0.29, 0.717) is 0 Å². The maximum atomic E-state index is 10.1. The molecule has 2 nitrogen and oxygen atoms in total. The molecule has 0 heterocycles. The first kappa shape index (κ1) is 9.53. The molecule has 1 aliphatic rings. The largest absolute Gasteiger partial charge is 0.385 e. The number of hydrogen-bond donors (Lipinski definition) is 1. The highest BCUT2D eigenvalue weighted by Gasteiger charge is 2.31. The van der Waals surface area contributed by atoms with Crippen LogP contribution in [0.3, 0.4) is 0 Å². The number of rotatable bonds is 1. The molecule has 76 valence electrons. The van der Waals surface area contributed by atoms with Gasteiger partial charge in [-0.15, -0.1) is 0 Å². The summed E-state index contributed by atoms with van der Waals surface area (Å²) in [6.45, 7) is 1.90. The molecule has 1 aromatic carbocycles. The molecule has 0 aromatic heterocycles. The van der Waals surface area contributed by atoms with Gasteiger partial charge in [0.2, 0.25) is 0 Å². The highest BCUT2D eigenvalue weighted by atomic mass is 16.3. The van der Waals surface area contributed by atoms with Crippen molar-refractivity contribution in [1.29, 1.82) is 0 Å². The van der Waals surface area contributed by atoms with Crippen LogP contribution in [0.15, 0.2) is 18.2 Å². The lowest BCUT2D eigenvalue weighted by Crippen LogP contribution is -2.17. The Hall–Kier alpha value is -1.02. The Morgan fingerprint density at radius 2 is 2.07 bits per heavy atom. The predicted octanol–water partition coefficient (Wildman–Crippen LogP) is 1.91. The molecule has 0 radical (unpaired) electrons. The summed E-state index contributed by atoms with van der Waals surface area (Å²) in [6, 6.07) is 6.34. The van der Waals surface area contributed by atoms with E-state index in [-0.39, 0.29) is 0 Å². The molecule has 2 heteroatoms. The van der Waals surface area contributed by atoms with Gasteiger partial charge in [-0.05, 0) is 43.0 Å². The van der Waals surface area contributed by atoms with E-state index in [0.717, 1.165) is 24.1 Å². The van der Waals surface area contributed by atoms with Crippen LogP contribution in [0.25, 0.3) is 0 Å². The van der Waals surface area contributed by atoms with Crippen LogP contribution in [-0.4, -0.2) is 19.2 Å². The van der Waals surface area contributed by atoms with Crippen LogP contribution in [0.5, 0.6) is 0 Å². The minimum Gasteiger partial charge on any atom is -0.385 e. The molecule has 1 unspecified atom stereocenters. The Kier molecular flexibility index (Phi) is 2.04. The van der Waals surface area contributed by atoms with Gasteiger partial charge in [-0.25, -0.2) is 0 Å². The second-order valence-electron chi connectivity index (χ2n) is 4.51. The lowest BCUT2D eigenvalue weighted by molar-refractivity contribution is 0.0595. The van der Waals surface area contributed by atoms with Gasteiger partial charge >= 0.3 is 0 Å². The fourth-order valence-corrected chi connectivity index (χ4v) is 2.07. The topological polar surface area (TPSA) is 23.5 Å². The third kappa shape index (κ3) is 1.40. The summed E-state index contributed by atoms with van der Waals surface area (Å²) in [5, 5.41) is 10.1. The lowest BCUT2D eigenvalue weighted by atomic mass is 9.98. The first-order chi connectivity index (χ1) is 6.50. The van der Waals surface area contributed by atoms with E-state index in [2.05, 4.69) is 23.1 Å². The summed E-state index contributed by atoms with van der Waals surface area (Å²) in [7, 11) is 4.04. The highest BCUT2D eigenvalue weighted by Crippen LogP contribution is 2.38. The summed E-state index contributed by atoms with van der Waals surface area (Å²) in [6.07, 6.45) is 1.84. The van der Waals surface area contributed by atoms with Crippen molar-refractivity contribution in [3.63, 3.8) is 0 Å². The molecule has 14 heavy (non-hydrogen) atoms. The van der Waals surface area contributed by atoms with Crippen molar-refractivity contribution in [3.05, 3.63) is 29.3 Å². The second-order valence-corrected chi connectivity index (χ2v) is 4.51. The van der Waals surface area contributed by atoms with Crippen LogP contribution >= 0.6 is 0 Å². The van der Waals surface area contributed by atoms with Crippen molar-refractivity contribution >= 4 is 5.69 Å². The van der Waals surface area contributed by atoms with Gasteiger partial charge in [0.1, 0.15) is 0 Å². The number of benzene rings is 1. The average molecular weight is 191 g/mol. The van der Waals surface area contributed by atoms with Crippen LogP contribution in [0.2, 0.25) is 0 Å². The fourth-order valence-electron chi connectivity index (χ4n) is 2.07. The molecule has 0 fully saturated rings. The molecular weight excluding hydrogens is 174 g/mol. The normalized spacial score (nSPS) is 24.9. The quantitative estimate of drug-likeness (QED) is 0.733. The number of hydrogen-bond acceptors (Lipinski definition) is 2. The number of aliphatic hydroxyl groups is 1. The lowest BCUT2D eigenvalue weighted by Gasteiger charge is -2.20. The van der Waals surface area contributed by atoms with Gasteiger partial charge in [-0.1, -0.05) is 6.07 Å².